The van der Waals surface area contributed by atoms with Crippen LogP contribution in [0.15, 0.2) is 97.1 Å². The van der Waals surface area contributed by atoms with Gasteiger partial charge in [-0.25, -0.2) is 0 Å². The summed E-state index contributed by atoms with van der Waals surface area (Å²) in [6.07, 6.45) is 4.91. The van der Waals surface area contributed by atoms with Crippen LogP contribution in [0.5, 0.6) is 0 Å². The Kier molecular flexibility index (Phi) is 5.20. The van der Waals surface area contributed by atoms with Crippen molar-refractivity contribution in [3.63, 3.8) is 0 Å². The SMILES string of the molecule is COC1CCCc2c1ccc1c2ccc2ccccc21.c1ccc2c(c1)Cc1ccccc1-2. The number of hydrogen-bond donors (Lipinski definition) is 0. The maximum atomic E-state index is 5.65. The zero-order chi connectivity index (χ0) is 22.2. The Morgan fingerprint density at radius 3 is 2.06 bits per heavy atom. The van der Waals surface area contributed by atoms with Gasteiger partial charge in [-0.3, -0.25) is 0 Å². The Labute approximate surface area is 195 Å². The molecular weight excluding hydrogens is 400 g/mol. The van der Waals surface area contributed by atoms with Crippen LogP contribution in [-0.2, 0) is 17.6 Å². The first kappa shape index (κ1) is 20.2. The first-order valence-corrected chi connectivity index (χ1v) is 12.0. The average molecular weight is 429 g/mol. The number of benzene rings is 5. The molecule has 0 saturated carbocycles. The lowest BCUT2D eigenvalue weighted by Gasteiger charge is -2.26. The number of hydrogen-bond acceptors (Lipinski definition) is 1. The summed E-state index contributed by atoms with van der Waals surface area (Å²) in [7, 11) is 1.82. The van der Waals surface area contributed by atoms with Crippen molar-refractivity contribution in [1.82, 2.24) is 0 Å². The van der Waals surface area contributed by atoms with Crippen molar-refractivity contribution in [1.29, 1.82) is 0 Å². The van der Waals surface area contributed by atoms with Crippen LogP contribution in [0.1, 0.15) is 41.2 Å². The molecule has 0 radical (unpaired) electrons. The Morgan fingerprint density at radius 2 is 1.30 bits per heavy atom. The molecule has 0 N–H and O–H groups in total. The summed E-state index contributed by atoms with van der Waals surface area (Å²) in [4.78, 5) is 0. The smallest absolute Gasteiger partial charge is 0.0824 e. The molecule has 1 atom stereocenters. The van der Waals surface area contributed by atoms with E-state index in [4.69, 9.17) is 4.74 Å². The van der Waals surface area contributed by atoms with Gasteiger partial charge in [0, 0.05) is 7.11 Å². The van der Waals surface area contributed by atoms with E-state index in [1.54, 1.807) is 0 Å². The lowest BCUT2D eigenvalue weighted by atomic mass is 9.85. The summed E-state index contributed by atoms with van der Waals surface area (Å²) in [6, 6.07) is 35.0. The summed E-state index contributed by atoms with van der Waals surface area (Å²) in [5.41, 5.74) is 8.64. The van der Waals surface area contributed by atoms with E-state index in [1.807, 2.05) is 7.11 Å². The second-order valence-corrected chi connectivity index (χ2v) is 9.12. The van der Waals surface area contributed by atoms with Crippen LogP contribution in [0.25, 0.3) is 32.7 Å². The maximum absolute atomic E-state index is 5.65. The lowest BCUT2D eigenvalue weighted by molar-refractivity contribution is 0.0884. The fraction of sp³-hybridized carbons (Fsp3) is 0.188. The molecule has 162 valence electrons. The first-order valence-electron chi connectivity index (χ1n) is 12.0. The predicted octanol–water partition coefficient (Wildman–Crippen LogP) is 8.27. The lowest BCUT2D eigenvalue weighted by Crippen LogP contribution is -2.11. The molecule has 0 bridgehead atoms. The molecule has 33 heavy (non-hydrogen) atoms. The molecule has 0 fully saturated rings. The van der Waals surface area contributed by atoms with Crippen LogP contribution < -0.4 is 0 Å². The fourth-order valence-electron chi connectivity index (χ4n) is 5.69. The van der Waals surface area contributed by atoms with Gasteiger partial charge in [0.25, 0.3) is 0 Å². The predicted molar refractivity (Wildman–Crippen MR) is 139 cm³/mol. The summed E-state index contributed by atoms with van der Waals surface area (Å²) < 4.78 is 5.65. The summed E-state index contributed by atoms with van der Waals surface area (Å²) >= 11 is 0. The molecule has 0 aromatic heterocycles. The van der Waals surface area contributed by atoms with Gasteiger partial charge >= 0.3 is 0 Å². The van der Waals surface area contributed by atoms with Gasteiger partial charge in [0.2, 0.25) is 0 Å². The van der Waals surface area contributed by atoms with Crippen molar-refractivity contribution >= 4 is 21.5 Å². The zero-order valence-corrected chi connectivity index (χ0v) is 19.1. The number of ether oxygens (including phenoxy) is 1. The Bertz CT molecular complexity index is 1420. The molecule has 0 saturated heterocycles. The van der Waals surface area contributed by atoms with Crippen LogP contribution in [0.3, 0.4) is 0 Å². The Balaban J connectivity index is 0.000000137. The minimum Gasteiger partial charge on any atom is -0.377 e. The van der Waals surface area contributed by atoms with Gasteiger partial charge < -0.3 is 4.74 Å². The van der Waals surface area contributed by atoms with Crippen LogP contribution >= 0.6 is 0 Å². The van der Waals surface area contributed by atoms with Gasteiger partial charge in [0.15, 0.2) is 0 Å². The molecule has 0 spiro atoms. The van der Waals surface area contributed by atoms with E-state index in [9.17, 15) is 0 Å². The highest BCUT2D eigenvalue weighted by atomic mass is 16.5. The largest absolute Gasteiger partial charge is 0.377 e. The molecule has 2 aliphatic rings. The highest BCUT2D eigenvalue weighted by Crippen LogP contribution is 2.38. The maximum Gasteiger partial charge on any atom is 0.0824 e. The van der Waals surface area contributed by atoms with Crippen molar-refractivity contribution in [2.45, 2.75) is 31.8 Å². The molecule has 1 unspecified atom stereocenters. The van der Waals surface area contributed by atoms with Crippen molar-refractivity contribution < 1.29 is 4.74 Å². The van der Waals surface area contributed by atoms with E-state index in [2.05, 4.69) is 97.1 Å². The second-order valence-electron chi connectivity index (χ2n) is 9.12. The molecule has 5 aromatic carbocycles. The molecule has 1 heteroatoms. The monoisotopic (exact) mass is 428 g/mol. The van der Waals surface area contributed by atoms with Crippen molar-refractivity contribution in [3.8, 4) is 11.1 Å². The van der Waals surface area contributed by atoms with Gasteiger partial charge in [-0.05, 0) is 80.6 Å². The normalized spacial score (nSPS) is 16.0. The topological polar surface area (TPSA) is 9.23 Å². The van der Waals surface area contributed by atoms with E-state index in [0.717, 1.165) is 12.8 Å². The minimum absolute atomic E-state index is 0.273. The molecule has 5 aromatic rings. The average Bonchev–Trinajstić information content (AvgIpc) is 3.27. The Morgan fingerprint density at radius 1 is 0.636 bits per heavy atom. The van der Waals surface area contributed by atoms with Crippen LogP contribution in [0.4, 0.5) is 0 Å². The van der Waals surface area contributed by atoms with E-state index in [-0.39, 0.29) is 6.10 Å². The minimum atomic E-state index is 0.273. The molecule has 7 rings (SSSR count). The molecule has 0 amide bonds. The van der Waals surface area contributed by atoms with Crippen LogP contribution in [-0.4, -0.2) is 7.11 Å². The zero-order valence-electron chi connectivity index (χ0n) is 19.1. The van der Waals surface area contributed by atoms with Gasteiger partial charge in [-0.1, -0.05) is 97.1 Å². The van der Waals surface area contributed by atoms with E-state index in [1.165, 1.54) is 67.8 Å². The van der Waals surface area contributed by atoms with Gasteiger partial charge in [0.05, 0.1) is 6.10 Å². The van der Waals surface area contributed by atoms with Crippen LogP contribution in [0, 0.1) is 0 Å². The number of methoxy groups -OCH3 is 1. The van der Waals surface area contributed by atoms with Crippen LogP contribution in [0.2, 0.25) is 0 Å². The van der Waals surface area contributed by atoms with Gasteiger partial charge in [0.1, 0.15) is 0 Å². The van der Waals surface area contributed by atoms with Gasteiger partial charge in [-0.15, -0.1) is 0 Å². The van der Waals surface area contributed by atoms with E-state index >= 15 is 0 Å². The van der Waals surface area contributed by atoms with Gasteiger partial charge in [-0.2, -0.15) is 0 Å². The third-order valence-corrected chi connectivity index (χ3v) is 7.30. The standard InChI is InChI=1S/C19H18O.C13H10/c1-20-19-8-4-7-15-17-10-9-13-5-2-3-6-14(13)16(17)11-12-18(15)19;1-3-7-12-10(5-1)9-11-6-2-4-8-13(11)12/h2-3,5-6,9-12,19H,4,7-8H2,1H3;1-8H,9H2. The fourth-order valence-corrected chi connectivity index (χ4v) is 5.69. The summed E-state index contributed by atoms with van der Waals surface area (Å²) in [5.74, 6) is 0. The highest BCUT2D eigenvalue weighted by molar-refractivity contribution is 6.08. The number of rotatable bonds is 1. The molecule has 0 aliphatic heterocycles. The Hall–Kier alpha value is -3.42. The molecule has 0 heterocycles. The third kappa shape index (κ3) is 3.53. The number of fused-ring (bicyclic) bond motifs is 8. The summed E-state index contributed by atoms with van der Waals surface area (Å²) in [6.45, 7) is 0. The molecule has 2 aliphatic carbocycles. The highest BCUT2D eigenvalue weighted by Gasteiger charge is 2.21. The first-order chi connectivity index (χ1) is 16.3. The van der Waals surface area contributed by atoms with Crippen molar-refractivity contribution in [2.24, 2.45) is 0 Å². The van der Waals surface area contributed by atoms with Crippen molar-refractivity contribution in [3.05, 3.63) is 119 Å². The second kappa shape index (κ2) is 8.50. The van der Waals surface area contributed by atoms with E-state index < -0.39 is 0 Å². The van der Waals surface area contributed by atoms with Crippen molar-refractivity contribution in [2.75, 3.05) is 7.11 Å². The third-order valence-electron chi connectivity index (χ3n) is 7.30. The summed E-state index contributed by atoms with van der Waals surface area (Å²) in [5, 5.41) is 5.45. The van der Waals surface area contributed by atoms with E-state index in [0.29, 0.717) is 0 Å². The molecule has 1 nitrogen and oxygen atoms in total. The quantitative estimate of drug-likeness (QED) is 0.239. The molecular formula is C32H28O. The number of aryl methyl sites for hydroxylation is 1.